The molecule has 1 aromatic heterocycles. The van der Waals surface area contributed by atoms with Crippen molar-refractivity contribution in [3.63, 3.8) is 0 Å². The van der Waals surface area contributed by atoms with Gasteiger partial charge in [-0.3, -0.25) is 4.79 Å². The zero-order valence-corrected chi connectivity index (χ0v) is 13.9. The number of hydrogen-bond acceptors (Lipinski definition) is 4. The van der Waals surface area contributed by atoms with Gasteiger partial charge in [0.15, 0.2) is 5.16 Å². The third kappa shape index (κ3) is 3.71. The minimum Gasteiger partial charge on any atom is -0.313 e. The summed E-state index contributed by atoms with van der Waals surface area (Å²) in [5, 5.41) is 3.84. The highest BCUT2D eigenvalue weighted by Gasteiger charge is 2.12. The van der Waals surface area contributed by atoms with Crippen LogP contribution in [0.3, 0.4) is 0 Å². The van der Waals surface area contributed by atoms with Gasteiger partial charge in [-0.25, -0.2) is 4.98 Å². The van der Waals surface area contributed by atoms with E-state index in [1.54, 1.807) is 0 Å². The second-order valence-electron chi connectivity index (χ2n) is 4.49. The highest BCUT2D eigenvalue weighted by Crippen LogP contribution is 2.33. The van der Waals surface area contributed by atoms with Gasteiger partial charge in [0.2, 0.25) is 0 Å². The summed E-state index contributed by atoms with van der Waals surface area (Å²) in [4.78, 5) is 19.7. The molecule has 2 N–H and O–H groups in total. The first-order valence-electron chi connectivity index (χ1n) is 6.22. The Morgan fingerprint density at radius 1 is 1.40 bits per heavy atom. The van der Waals surface area contributed by atoms with E-state index < -0.39 is 0 Å². The van der Waals surface area contributed by atoms with Crippen LogP contribution >= 0.6 is 27.7 Å². The summed E-state index contributed by atoms with van der Waals surface area (Å²) in [5.41, 5.74) is 1.76. The molecule has 0 radical (unpaired) electrons. The molecule has 0 aliphatic rings. The van der Waals surface area contributed by atoms with Gasteiger partial charge in [0.1, 0.15) is 0 Å². The van der Waals surface area contributed by atoms with Crippen molar-refractivity contribution in [1.29, 1.82) is 0 Å². The summed E-state index contributed by atoms with van der Waals surface area (Å²) in [7, 11) is 1.92. The molecule has 0 saturated carbocycles. The number of halogens is 1. The van der Waals surface area contributed by atoms with E-state index >= 15 is 0 Å². The van der Waals surface area contributed by atoms with Crippen molar-refractivity contribution in [3.8, 4) is 0 Å². The van der Waals surface area contributed by atoms with Crippen molar-refractivity contribution in [2.75, 3.05) is 7.05 Å². The summed E-state index contributed by atoms with van der Waals surface area (Å²) in [5.74, 6) is 0. The number of aryl methyl sites for hydroxylation is 1. The van der Waals surface area contributed by atoms with Gasteiger partial charge in [0, 0.05) is 27.2 Å². The van der Waals surface area contributed by atoms with E-state index in [0.29, 0.717) is 5.16 Å². The predicted octanol–water partition coefficient (Wildman–Crippen LogP) is 3.27. The van der Waals surface area contributed by atoms with Crippen molar-refractivity contribution < 1.29 is 0 Å². The molecule has 1 unspecified atom stereocenters. The zero-order chi connectivity index (χ0) is 14.7. The molecule has 0 aliphatic carbocycles. The van der Waals surface area contributed by atoms with Crippen LogP contribution in [-0.2, 0) is 0 Å². The van der Waals surface area contributed by atoms with Gasteiger partial charge in [0.25, 0.3) is 5.56 Å². The molecular weight excluding hydrogens is 338 g/mol. The van der Waals surface area contributed by atoms with Gasteiger partial charge in [-0.05, 0) is 38.6 Å². The quantitative estimate of drug-likeness (QED) is 0.828. The number of benzene rings is 1. The molecule has 20 heavy (non-hydrogen) atoms. The summed E-state index contributed by atoms with van der Waals surface area (Å²) >= 11 is 4.95. The Kier molecular flexibility index (Phi) is 5.01. The van der Waals surface area contributed by atoms with E-state index in [9.17, 15) is 4.79 Å². The van der Waals surface area contributed by atoms with Crippen LogP contribution in [0.1, 0.15) is 24.2 Å². The SMILES string of the molecule is CNC(C)c1ccc(Br)cc1Sc1nc(C)cc(=O)[nH]1. The Morgan fingerprint density at radius 2 is 2.15 bits per heavy atom. The van der Waals surface area contributed by atoms with Crippen molar-refractivity contribution in [3.05, 3.63) is 50.3 Å². The molecule has 4 nitrogen and oxygen atoms in total. The molecule has 1 aromatic carbocycles. The third-order valence-electron chi connectivity index (χ3n) is 2.93. The van der Waals surface area contributed by atoms with Gasteiger partial charge in [-0.1, -0.05) is 33.8 Å². The van der Waals surface area contributed by atoms with E-state index in [1.807, 2.05) is 26.1 Å². The Balaban J connectivity index is 2.41. The Labute approximate surface area is 130 Å². The van der Waals surface area contributed by atoms with Crippen LogP contribution in [0.5, 0.6) is 0 Å². The van der Waals surface area contributed by atoms with E-state index in [2.05, 4.69) is 44.2 Å². The maximum absolute atomic E-state index is 11.5. The fraction of sp³-hybridized carbons (Fsp3) is 0.286. The summed E-state index contributed by atoms with van der Waals surface area (Å²) in [6.45, 7) is 3.91. The van der Waals surface area contributed by atoms with E-state index in [4.69, 9.17) is 0 Å². The van der Waals surface area contributed by atoms with Crippen molar-refractivity contribution in [2.24, 2.45) is 0 Å². The summed E-state index contributed by atoms with van der Waals surface area (Å²) in [6.07, 6.45) is 0. The minimum atomic E-state index is -0.127. The molecular formula is C14H16BrN3OS. The van der Waals surface area contributed by atoms with Gasteiger partial charge < -0.3 is 10.3 Å². The van der Waals surface area contributed by atoms with Crippen LogP contribution in [-0.4, -0.2) is 17.0 Å². The highest BCUT2D eigenvalue weighted by molar-refractivity contribution is 9.10. The third-order valence-corrected chi connectivity index (χ3v) is 4.38. The molecule has 6 heteroatoms. The molecule has 2 rings (SSSR count). The van der Waals surface area contributed by atoms with E-state index in [-0.39, 0.29) is 11.6 Å². The fourth-order valence-corrected chi connectivity index (χ4v) is 3.42. The Bertz CT molecular complexity index is 672. The average molecular weight is 354 g/mol. The second-order valence-corrected chi connectivity index (χ2v) is 6.43. The lowest BCUT2D eigenvalue weighted by atomic mass is 10.1. The monoisotopic (exact) mass is 353 g/mol. The maximum atomic E-state index is 11.5. The average Bonchev–Trinajstić information content (AvgIpc) is 2.37. The van der Waals surface area contributed by atoms with Gasteiger partial charge in [-0.2, -0.15) is 0 Å². The molecule has 0 fully saturated rings. The van der Waals surface area contributed by atoms with E-state index in [0.717, 1.165) is 15.1 Å². The summed E-state index contributed by atoms with van der Waals surface area (Å²) < 4.78 is 1.00. The lowest BCUT2D eigenvalue weighted by Crippen LogP contribution is -2.13. The zero-order valence-electron chi connectivity index (χ0n) is 11.5. The topological polar surface area (TPSA) is 57.8 Å². The maximum Gasteiger partial charge on any atom is 0.251 e. The molecule has 0 bridgehead atoms. The summed E-state index contributed by atoms with van der Waals surface area (Å²) in [6, 6.07) is 7.83. The number of rotatable bonds is 4. The first kappa shape index (κ1) is 15.3. The highest BCUT2D eigenvalue weighted by atomic mass is 79.9. The number of H-pyrrole nitrogens is 1. The molecule has 106 valence electrons. The minimum absolute atomic E-state index is 0.127. The molecule has 1 heterocycles. The molecule has 0 spiro atoms. The number of aromatic amines is 1. The van der Waals surface area contributed by atoms with Gasteiger partial charge in [-0.15, -0.1) is 0 Å². The number of hydrogen-bond donors (Lipinski definition) is 2. The lowest BCUT2D eigenvalue weighted by Gasteiger charge is -2.15. The predicted molar refractivity (Wildman–Crippen MR) is 85.3 cm³/mol. The van der Waals surface area contributed by atoms with Crippen LogP contribution in [0.15, 0.2) is 43.6 Å². The van der Waals surface area contributed by atoms with Crippen LogP contribution in [0.4, 0.5) is 0 Å². The van der Waals surface area contributed by atoms with Crippen LogP contribution < -0.4 is 10.9 Å². The van der Waals surface area contributed by atoms with Crippen molar-refractivity contribution >= 4 is 27.7 Å². The number of nitrogens with zero attached hydrogens (tertiary/aromatic N) is 1. The van der Waals surface area contributed by atoms with Crippen LogP contribution in [0, 0.1) is 6.92 Å². The normalized spacial score (nSPS) is 12.4. The van der Waals surface area contributed by atoms with Gasteiger partial charge in [0.05, 0.1) is 0 Å². The van der Waals surface area contributed by atoms with Crippen LogP contribution in [0.25, 0.3) is 0 Å². The van der Waals surface area contributed by atoms with E-state index in [1.165, 1.54) is 23.4 Å². The smallest absolute Gasteiger partial charge is 0.251 e. The Hall–Kier alpha value is -1.11. The number of nitrogens with one attached hydrogen (secondary N) is 2. The molecule has 0 amide bonds. The van der Waals surface area contributed by atoms with Crippen LogP contribution in [0.2, 0.25) is 0 Å². The van der Waals surface area contributed by atoms with Crippen molar-refractivity contribution in [1.82, 2.24) is 15.3 Å². The number of aromatic nitrogens is 2. The first-order valence-corrected chi connectivity index (χ1v) is 7.83. The molecule has 1 atom stereocenters. The molecule has 0 aliphatic heterocycles. The largest absolute Gasteiger partial charge is 0.313 e. The standard InChI is InChI=1S/C14H16BrN3OS/c1-8-6-13(19)18-14(17-8)20-12-7-10(15)4-5-11(12)9(2)16-3/h4-7,9,16H,1-3H3,(H,17,18,19). The lowest BCUT2D eigenvalue weighted by molar-refractivity contribution is 0.641. The molecule has 0 saturated heterocycles. The Morgan fingerprint density at radius 3 is 2.80 bits per heavy atom. The van der Waals surface area contributed by atoms with Gasteiger partial charge >= 0.3 is 0 Å². The fourth-order valence-electron chi connectivity index (χ4n) is 1.81. The first-order chi connectivity index (χ1) is 9.49. The second kappa shape index (κ2) is 6.56. The molecule has 2 aromatic rings. The van der Waals surface area contributed by atoms with Crippen molar-refractivity contribution in [2.45, 2.75) is 29.9 Å².